The number of carbonyl (C=O) groups excluding carboxylic acids is 2. The summed E-state index contributed by atoms with van der Waals surface area (Å²) < 4.78 is 39.5. The number of carboxylic acid groups (broad SMARTS) is 1. The van der Waals surface area contributed by atoms with Crippen LogP contribution in [0.15, 0.2) is 33.3 Å². The first kappa shape index (κ1) is 30.5. The Balaban J connectivity index is 0.00000400. The molecule has 11 heteroatoms. The summed E-state index contributed by atoms with van der Waals surface area (Å²) in [6.07, 6.45) is 1.59. The van der Waals surface area contributed by atoms with E-state index in [0.717, 1.165) is 24.5 Å². The molecule has 1 saturated carbocycles. The van der Waals surface area contributed by atoms with Crippen LogP contribution in [-0.4, -0.2) is 22.1 Å². The van der Waals surface area contributed by atoms with Crippen LogP contribution in [0.4, 0.5) is 8.78 Å². The van der Waals surface area contributed by atoms with Crippen LogP contribution in [0.2, 0.25) is 5.02 Å². The molecule has 38 heavy (non-hydrogen) atoms. The van der Waals surface area contributed by atoms with E-state index in [1.807, 2.05) is 13.0 Å². The van der Waals surface area contributed by atoms with Crippen LogP contribution in [0, 0.1) is 12.8 Å². The Hall–Kier alpha value is -2.07. The number of hydrogen-bond acceptors (Lipinski definition) is 7. The predicted octanol–water partition coefficient (Wildman–Crippen LogP) is 2.74. The molecule has 7 nitrogen and oxygen atoms in total. The van der Waals surface area contributed by atoms with Crippen LogP contribution in [-0.2, 0) is 21.9 Å². The number of Topliss-reactive ketones (excluding diaryl/α,β-unsaturated/α-hetero) is 1. The van der Waals surface area contributed by atoms with Gasteiger partial charge in [-0.1, -0.05) is 47.9 Å². The van der Waals surface area contributed by atoms with Gasteiger partial charge in [-0.3, -0.25) is 4.79 Å². The maximum atomic E-state index is 14.5. The number of halogens is 3. The molecule has 0 spiro atoms. The zero-order chi connectivity index (χ0) is 26.9. The number of aliphatic carboxylic acids is 1. The van der Waals surface area contributed by atoms with Crippen molar-refractivity contribution in [3.05, 3.63) is 57.4 Å². The quantitative estimate of drug-likeness (QED) is 0.316. The van der Waals surface area contributed by atoms with Crippen molar-refractivity contribution in [1.29, 1.82) is 0 Å². The second-order valence-corrected chi connectivity index (χ2v) is 10.5. The molecule has 2 heterocycles. The molecule has 0 bridgehead atoms. The summed E-state index contributed by atoms with van der Waals surface area (Å²) in [6, 6.07) is 6.59. The molecule has 0 unspecified atom stereocenters. The number of benzene rings is 1. The second-order valence-electron chi connectivity index (χ2n) is 10.1. The third-order valence-electron chi connectivity index (χ3n) is 6.69. The maximum Gasteiger partial charge on any atom is 1.00 e. The number of hydrogen-bond donors (Lipinski definition) is 0. The van der Waals surface area contributed by atoms with E-state index in [4.69, 9.17) is 20.6 Å². The average molecular weight is 557 g/mol. The number of nitrogens with zero attached hydrogens (tertiary/aromatic N) is 2. The van der Waals surface area contributed by atoms with Crippen molar-refractivity contribution < 1.29 is 62.1 Å². The van der Waals surface area contributed by atoms with E-state index in [1.165, 1.54) is 13.8 Å². The van der Waals surface area contributed by atoms with Crippen LogP contribution in [0.3, 0.4) is 0 Å². The van der Waals surface area contributed by atoms with Gasteiger partial charge in [0.1, 0.15) is 5.78 Å². The molecule has 0 N–H and O–H groups in total. The number of alkyl halides is 2. The predicted molar refractivity (Wildman–Crippen MR) is 129 cm³/mol. The summed E-state index contributed by atoms with van der Waals surface area (Å²) in [7, 11) is 0. The number of carboxylic acids is 1. The molecule has 1 aliphatic rings. The molecular weight excluding hydrogens is 529 g/mol. The van der Waals surface area contributed by atoms with Gasteiger partial charge in [0.15, 0.2) is 11.5 Å². The first-order valence-corrected chi connectivity index (χ1v) is 12.7. The van der Waals surface area contributed by atoms with Crippen molar-refractivity contribution >= 4 is 23.4 Å². The Morgan fingerprint density at radius 3 is 2.50 bits per heavy atom. The Morgan fingerprint density at radius 1 is 1.18 bits per heavy atom. The van der Waals surface area contributed by atoms with E-state index in [1.54, 1.807) is 12.1 Å². The molecule has 3 aromatic rings. The Morgan fingerprint density at radius 2 is 1.89 bits per heavy atom. The molecule has 1 atom stereocenters. The van der Waals surface area contributed by atoms with Gasteiger partial charge in [-0.15, -0.1) is 0 Å². The van der Waals surface area contributed by atoms with E-state index < -0.39 is 29.5 Å². The number of aromatic nitrogens is 2. The Kier molecular flexibility index (Phi) is 9.95. The van der Waals surface area contributed by atoms with E-state index >= 15 is 0 Å². The molecule has 0 amide bonds. The van der Waals surface area contributed by atoms with Gasteiger partial charge in [0.25, 0.3) is 0 Å². The number of carbonyl (C=O) groups is 2. The maximum absolute atomic E-state index is 14.5. The minimum absolute atomic E-state index is 0. The van der Waals surface area contributed by atoms with Gasteiger partial charge < -0.3 is 18.9 Å². The first-order valence-electron chi connectivity index (χ1n) is 12.3. The normalized spacial score (nSPS) is 14.4. The van der Waals surface area contributed by atoms with E-state index in [9.17, 15) is 23.5 Å². The summed E-state index contributed by atoms with van der Waals surface area (Å²) in [5.41, 5.74) is 2.85. The molecule has 198 valence electrons. The van der Waals surface area contributed by atoms with E-state index in [-0.39, 0.29) is 78.4 Å². The molecule has 2 aromatic heterocycles. The van der Waals surface area contributed by atoms with Crippen molar-refractivity contribution in [3.63, 3.8) is 0 Å². The number of rotatable bonds is 12. The summed E-state index contributed by atoms with van der Waals surface area (Å²) >= 11 is 6.29. The van der Waals surface area contributed by atoms with Crippen molar-refractivity contribution in [1.82, 2.24) is 10.3 Å². The molecule has 1 aliphatic carbocycles. The third-order valence-corrected chi connectivity index (χ3v) is 7.04. The molecule has 0 radical (unpaired) electrons. The smallest absolute Gasteiger partial charge is 0.550 e. The molecular formula is C27H28ClF2N2NaO5. The van der Waals surface area contributed by atoms with Gasteiger partial charge in [-0.2, -0.15) is 8.78 Å². The topological polar surface area (TPSA) is 109 Å². The molecule has 0 saturated heterocycles. The fourth-order valence-electron chi connectivity index (χ4n) is 4.36. The summed E-state index contributed by atoms with van der Waals surface area (Å²) in [6.45, 7) is 4.66. The Labute approximate surface area is 246 Å². The summed E-state index contributed by atoms with van der Waals surface area (Å²) in [5.74, 6) is -6.47. The van der Waals surface area contributed by atoms with Crippen molar-refractivity contribution in [3.8, 4) is 11.5 Å². The molecule has 1 aromatic carbocycles. The number of ketones is 1. The van der Waals surface area contributed by atoms with Crippen LogP contribution < -0.4 is 34.7 Å². The second kappa shape index (κ2) is 12.4. The van der Waals surface area contributed by atoms with Gasteiger partial charge in [0.05, 0.1) is 5.69 Å². The third kappa shape index (κ3) is 6.92. The Bertz CT molecular complexity index is 1300. The largest absolute Gasteiger partial charge is 1.00 e. The fraction of sp³-hybridized carbons (Fsp3) is 0.481. The monoisotopic (exact) mass is 556 g/mol. The summed E-state index contributed by atoms with van der Waals surface area (Å²) in [5, 5.41) is 19.7. The fourth-order valence-corrected chi connectivity index (χ4v) is 4.66. The minimum Gasteiger partial charge on any atom is -0.550 e. The van der Waals surface area contributed by atoms with Crippen molar-refractivity contribution in [2.24, 2.45) is 5.92 Å². The van der Waals surface area contributed by atoms with Crippen molar-refractivity contribution in [2.75, 3.05) is 0 Å². The van der Waals surface area contributed by atoms with Gasteiger partial charge in [-0.25, -0.2) is 0 Å². The first-order chi connectivity index (χ1) is 17.5. The van der Waals surface area contributed by atoms with Gasteiger partial charge in [0.2, 0.25) is 5.76 Å². The van der Waals surface area contributed by atoms with E-state index in [2.05, 4.69) is 10.3 Å². The zero-order valence-electron chi connectivity index (χ0n) is 21.9. The van der Waals surface area contributed by atoms with Gasteiger partial charge in [0, 0.05) is 47.3 Å². The summed E-state index contributed by atoms with van der Waals surface area (Å²) in [4.78, 5) is 24.3. The van der Waals surface area contributed by atoms with Gasteiger partial charge in [-0.05, 0) is 55.7 Å². The SMILES string of the molecule is Cc1ccc(CC(=O)C[C@H](CCC(=O)[O-])c2noc(-c3cc(C(F)(F)C(C)C)on3)c2C2CC2)c(Cl)c1.[Na+]. The average Bonchev–Trinajstić information content (AvgIpc) is 3.36. The van der Waals surface area contributed by atoms with Crippen LogP contribution >= 0.6 is 11.6 Å². The zero-order valence-corrected chi connectivity index (χ0v) is 24.6. The molecule has 0 aliphatic heterocycles. The van der Waals surface area contributed by atoms with Gasteiger partial charge >= 0.3 is 35.5 Å². The molecule has 1 fully saturated rings. The number of aryl methyl sites for hydroxylation is 1. The van der Waals surface area contributed by atoms with Crippen LogP contribution in [0.25, 0.3) is 11.5 Å². The van der Waals surface area contributed by atoms with Crippen LogP contribution in [0.1, 0.15) is 85.9 Å². The standard InChI is InChI=1S/C27H29ClF2N2O5.Na/c1-14(2)27(29,30)22-13-21(31-36-22)26-24(16-6-7-16)25(32-37-26)18(8-9-23(34)35)12-19(33)11-17-5-4-15(3)10-20(17)28;/h4-5,10,13-14,16,18H,6-9,11-12H2,1-3H3,(H,34,35);/q;+1/p-1/t18-;/m0./s1. The van der Waals surface area contributed by atoms with Crippen LogP contribution in [0.5, 0.6) is 0 Å². The van der Waals surface area contributed by atoms with E-state index in [0.29, 0.717) is 21.8 Å². The molecule has 4 rings (SSSR count). The minimum atomic E-state index is -3.21. The van der Waals surface area contributed by atoms with Crippen molar-refractivity contribution in [2.45, 2.75) is 77.1 Å².